The third-order valence-electron chi connectivity index (χ3n) is 15.4. The van der Waals surface area contributed by atoms with Gasteiger partial charge in [-0.3, -0.25) is 4.79 Å². The van der Waals surface area contributed by atoms with Crippen LogP contribution < -0.4 is 10.3 Å². The summed E-state index contributed by atoms with van der Waals surface area (Å²) in [6.07, 6.45) is 40.9. The number of aromatic nitrogens is 1. The summed E-state index contributed by atoms with van der Waals surface area (Å²) in [6, 6.07) is 21.6. The lowest BCUT2D eigenvalue weighted by molar-refractivity contribution is 0.364. The van der Waals surface area contributed by atoms with E-state index in [1.165, 1.54) is 205 Å². The first-order valence-corrected chi connectivity index (χ1v) is 30.3. The van der Waals surface area contributed by atoms with Gasteiger partial charge in [0.1, 0.15) is 17.7 Å². The molecule has 1 aliphatic rings. The Bertz CT molecular complexity index is 2350. The quantitative estimate of drug-likeness (QED) is 0.0258. The summed E-state index contributed by atoms with van der Waals surface area (Å²) >= 11 is 7.55. The fraction of sp³-hybridized carbons (Fsp3) is 0.635. The number of hydrogen-bond donors (Lipinski definition) is 0. The third-order valence-corrected chi connectivity index (χ3v) is 16.4. The van der Waals surface area contributed by atoms with Crippen molar-refractivity contribution in [2.75, 3.05) is 11.4 Å². The molecule has 0 amide bonds. The number of halogens is 2. The van der Waals surface area contributed by atoms with Crippen molar-refractivity contribution in [1.29, 1.82) is 10.5 Å². The van der Waals surface area contributed by atoms with Gasteiger partial charge in [-0.15, -0.1) is 0 Å². The van der Waals surface area contributed by atoms with E-state index < -0.39 is 0 Å². The Morgan fingerprint density at radius 3 is 1.34 bits per heavy atom. The van der Waals surface area contributed by atoms with Crippen molar-refractivity contribution in [3.63, 3.8) is 0 Å². The van der Waals surface area contributed by atoms with Crippen LogP contribution in [-0.2, 0) is 6.54 Å². The summed E-state index contributed by atoms with van der Waals surface area (Å²) in [6.45, 7) is 10.8. The average molecular weight is 1080 g/mol. The van der Waals surface area contributed by atoms with Gasteiger partial charge in [-0.25, -0.2) is 0 Å². The summed E-state index contributed by atoms with van der Waals surface area (Å²) in [5.74, 6) is 0.933. The maximum absolute atomic E-state index is 15.1. The van der Waals surface area contributed by atoms with Crippen LogP contribution in [0.2, 0.25) is 0 Å². The molecule has 5 nitrogen and oxygen atoms in total. The monoisotopic (exact) mass is 1080 g/mol. The van der Waals surface area contributed by atoms with Crippen LogP contribution in [0.5, 0.6) is 0 Å². The van der Waals surface area contributed by atoms with E-state index in [2.05, 4.69) is 124 Å². The molecule has 70 heavy (non-hydrogen) atoms. The standard InChI is InChI=1S/C63H90Br2N4O/c1-5-9-13-17-21-23-27-31-35-49(33-29-25-19-15-11-7-3)47-68-58-39-37-52(64)41-54(58)62(51(45-66)46-67)55-43-61-57(44-60(55)68)63(70)56-42-53(65)38-40-59(56)69(61)48-50(34-30-26-20-16-12-8-4)36-32-28-24-22-18-14-10-6-2/h37-44,49-50H,5-36,47-48H2,1-4H3. The van der Waals surface area contributed by atoms with Crippen LogP contribution in [0.1, 0.15) is 244 Å². The van der Waals surface area contributed by atoms with Gasteiger partial charge in [-0.1, -0.05) is 239 Å². The maximum Gasteiger partial charge on any atom is 0.197 e. The zero-order chi connectivity index (χ0) is 49.9. The van der Waals surface area contributed by atoms with Gasteiger partial charge < -0.3 is 9.47 Å². The number of pyridine rings is 1. The highest BCUT2D eigenvalue weighted by Crippen LogP contribution is 2.49. The van der Waals surface area contributed by atoms with Crippen LogP contribution in [-0.4, -0.2) is 11.1 Å². The van der Waals surface area contributed by atoms with E-state index in [1.54, 1.807) is 0 Å². The molecule has 0 saturated heterocycles. The van der Waals surface area contributed by atoms with Crippen LogP contribution in [0.25, 0.3) is 27.4 Å². The summed E-state index contributed by atoms with van der Waals surface area (Å²) in [4.78, 5) is 17.6. The lowest BCUT2D eigenvalue weighted by Crippen LogP contribution is -2.30. The second-order valence-corrected chi connectivity index (χ2v) is 22.9. The molecule has 0 spiro atoms. The van der Waals surface area contributed by atoms with Gasteiger partial charge in [0.15, 0.2) is 5.43 Å². The summed E-state index contributed by atoms with van der Waals surface area (Å²) < 4.78 is 4.27. The third kappa shape index (κ3) is 17.4. The van der Waals surface area contributed by atoms with E-state index in [9.17, 15) is 10.5 Å². The predicted molar refractivity (Wildman–Crippen MR) is 309 cm³/mol. The molecular formula is C63H90Br2N4O. The fourth-order valence-corrected chi connectivity index (χ4v) is 12.1. The van der Waals surface area contributed by atoms with Crippen molar-refractivity contribution < 1.29 is 0 Å². The fourth-order valence-electron chi connectivity index (χ4n) is 11.4. The molecule has 0 saturated carbocycles. The zero-order valence-electron chi connectivity index (χ0n) is 44.3. The first kappa shape index (κ1) is 57.5. The summed E-state index contributed by atoms with van der Waals surface area (Å²) in [5, 5.41) is 22.8. The maximum atomic E-state index is 15.1. The second kappa shape index (κ2) is 32.6. The molecule has 0 radical (unpaired) electrons. The number of fused-ring (bicyclic) bond motifs is 4. The largest absolute Gasteiger partial charge is 0.340 e. The minimum atomic E-state index is 0.0383. The minimum Gasteiger partial charge on any atom is -0.340 e. The van der Waals surface area contributed by atoms with Crippen LogP contribution >= 0.6 is 31.9 Å². The molecule has 5 rings (SSSR count). The second-order valence-electron chi connectivity index (χ2n) is 21.1. The number of benzene rings is 3. The Labute approximate surface area is 442 Å². The Morgan fingerprint density at radius 1 is 0.471 bits per heavy atom. The van der Waals surface area contributed by atoms with E-state index in [0.29, 0.717) is 22.8 Å². The Morgan fingerprint density at radius 2 is 0.871 bits per heavy atom. The highest BCUT2D eigenvalue weighted by atomic mass is 79.9. The summed E-state index contributed by atoms with van der Waals surface area (Å²) in [7, 11) is 0. The molecule has 3 aromatic carbocycles. The van der Waals surface area contributed by atoms with Crippen LogP contribution in [0.4, 0.5) is 11.4 Å². The molecule has 382 valence electrons. The van der Waals surface area contributed by atoms with Crippen LogP contribution in [0.15, 0.2) is 67.8 Å². The lowest BCUT2D eigenvalue weighted by atomic mass is 9.85. The smallest absolute Gasteiger partial charge is 0.197 e. The van der Waals surface area contributed by atoms with Gasteiger partial charge in [-0.05, 0) is 86.1 Å². The average Bonchev–Trinajstić information content (AvgIpc) is 3.36. The molecule has 0 aliphatic carbocycles. The van der Waals surface area contributed by atoms with E-state index in [4.69, 9.17) is 0 Å². The first-order valence-electron chi connectivity index (χ1n) is 28.7. The molecule has 7 heteroatoms. The van der Waals surface area contributed by atoms with E-state index >= 15 is 4.79 Å². The van der Waals surface area contributed by atoms with Crippen molar-refractivity contribution in [2.45, 2.75) is 240 Å². The molecule has 1 aliphatic heterocycles. The van der Waals surface area contributed by atoms with Crippen molar-refractivity contribution in [2.24, 2.45) is 11.8 Å². The topological polar surface area (TPSA) is 72.8 Å². The highest BCUT2D eigenvalue weighted by molar-refractivity contribution is 9.10. The van der Waals surface area contributed by atoms with E-state index in [1.807, 2.05) is 6.07 Å². The van der Waals surface area contributed by atoms with Gasteiger partial charge >= 0.3 is 0 Å². The Balaban J connectivity index is 1.61. The van der Waals surface area contributed by atoms with Crippen LogP contribution in [0, 0.1) is 34.5 Å². The van der Waals surface area contributed by atoms with Gasteiger partial charge in [0, 0.05) is 55.2 Å². The Hall–Kier alpha value is -3.39. The first-order chi connectivity index (χ1) is 34.3. The van der Waals surface area contributed by atoms with Crippen LogP contribution in [0.3, 0.4) is 0 Å². The lowest BCUT2D eigenvalue weighted by Gasteiger charge is -2.38. The predicted octanol–water partition coefficient (Wildman–Crippen LogP) is 20.8. The number of nitrogens with zero attached hydrogens (tertiary/aromatic N) is 4. The van der Waals surface area contributed by atoms with E-state index in [-0.39, 0.29) is 11.0 Å². The van der Waals surface area contributed by atoms with Gasteiger partial charge in [-0.2, -0.15) is 10.5 Å². The number of nitriles is 2. The SMILES string of the molecule is CCCCCCCCCCC(CCCCCCCC)CN1c2ccc(Br)cc2C(=C(C#N)C#N)c2cc3c(cc21)c(=O)c1cc(Br)ccc1n3CC(CCCCCCCC)CCCCCCCCCC. The highest BCUT2D eigenvalue weighted by Gasteiger charge is 2.32. The number of rotatable bonds is 36. The van der Waals surface area contributed by atoms with Gasteiger partial charge in [0.05, 0.1) is 16.7 Å². The molecule has 2 heterocycles. The number of hydrogen-bond acceptors (Lipinski definition) is 4. The van der Waals surface area contributed by atoms with Gasteiger partial charge in [0.2, 0.25) is 0 Å². The molecule has 2 atom stereocenters. The van der Waals surface area contributed by atoms with Crippen molar-refractivity contribution in [3.05, 3.63) is 84.4 Å². The number of allylic oxidation sites excluding steroid dienone is 1. The molecular weight excluding hydrogens is 989 g/mol. The van der Waals surface area contributed by atoms with E-state index in [0.717, 1.165) is 61.0 Å². The van der Waals surface area contributed by atoms with Crippen molar-refractivity contribution in [1.82, 2.24) is 4.57 Å². The molecule has 0 fully saturated rings. The zero-order valence-corrected chi connectivity index (χ0v) is 47.4. The number of unbranched alkanes of at least 4 members (excludes halogenated alkanes) is 24. The molecule has 4 aromatic rings. The molecule has 2 unspecified atom stereocenters. The summed E-state index contributed by atoms with van der Waals surface area (Å²) in [5.41, 5.74) is 6.39. The number of anilines is 2. The molecule has 1 aromatic heterocycles. The van der Waals surface area contributed by atoms with Gasteiger partial charge in [0.25, 0.3) is 0 Å². The van der Waals surface area contributed by atoms with Crippen molar-refractivity contribution in [3.8, 4) is 12.1 Å². The molecule has 0 N–H and O–H groups in total. The minimum absolute atomic E-state index is 0.0383. The van der Waals surface area contributed by atoms with Crippen molar-refractivity contribution >= 4 is 70.6 Å². The Kier molecular flexibility index (Phi) is 26.8. The molecule has 0 bridgehead atoms. The normalized spacial score (nSPS) is 13.1.